The lowest BCUT2D eigenvalue weighted by atomic mass is 10.3. The molecule has 0 unspecified atom stereocenters. The number of amides is 1. The summed E-state index contributed by atoms with van der Waals surface area (Å²) in [6.07, 6.45) is 0. The van der Waals surface area contributed by atoms with E-state index in [1.54, 1.807) is 45.3 Å². The van der Waals surface area contributed by atoms with E-state index in [2.05, 4.69) is 0 Å². The number of hydrogen-bond donors (Lipinski definition) is 0. The fourth-order valence-electron chi connectivity index (χ4n) is 2.43. The van der Waals surface area contributed by atoms with Crippen LogP contribution >= 0.6 is 11.6 Å². The molecule has 0 bridgehead atoms. The quantitative estimate of drug-likeness (QED) is 0.648. The van der Waals surface area contributed by atoms with Gasteiger partial charge in [0.1, 0.15) is 11.5 Å². The van der Waals surface area contributed by atoms with Gasteiger partial charge in [-0.2, -0.15) is 4.31 Å². The van der Waals surface area contributed by atoms with Crippen LogP contribution in [0.3, 0.4) is 0 Å². The van der Waals surface area contributed by atoms with Crippen LogP contribution in [0.4, 0.5) is 5.69 Å². The summed E-state index contributed by atoms with van der Waals surface area (Å²) in [4.78, 5) is 13.9. The van der Waals surface area contributed by atoms with Crippen molar-refractivity contribution in [2.75, 3.05) is 39.3 Å². The first kappa shape index (κ1) is 22.0. The van der Waals surface area contributed by atoms with Crippen molar-refractivity contribution in [3.8, 4) is 11.5 Å². The van der Waals surface area contributed by atoms with Gasteiger partial charge in [0.2, 0.25) is 15.9 Å². The van der Waals surface area contributed by atoms with Crippen LogP contribution in [0.1, 0.15) is 6.92 Å². The van der Waals surface area contributed by atoms with Crippen LogP contribution in [0, 0.1) is 0 Å². The van der Waals surface area contributed by atoms with Gasteiger partial charge in [-0.15, -0.1) is 0 Å². The minimum Gasteiger partial charge on any atom is -0.497 e. The monoisotopic (exact) mass is 426 g/mol. The molecule has 2 aromatic rings. The van der Waals surface area contributed by atoms with Crippen molar-refractivity contribution in [2.24, 2.45) is 0 Å². The van der Waals surface area contributed by atoms with Crippen molar-refractivity contribution in [2.45, 2.75) is 11.8 Å². The van der Waals surface area contributed by atoms with Gasteiger partial charge in [0, 0.05) is 19.8 Å². The highest BCUT2D eigenvalue weighted by atomic mass is 35.5. The number of ether oxygens (including phenoxy) is 2. The van der Waals surface area contributed by atoms with Crippen LogP contribution in [-0.4, -0.2) is 53.0 Å². The first-order valence-corrected chi connectivity index (χ1v) is 10.3. The predicted molar refractivity (Wildman–Crippen MR) is 109 cm³/mol. The molecule has 2 rings (SSSR count). The molecule has 7 nitrogen and oxygen atoms in total. The van der Waals surface area contributed by atoms with E-state index in [0.29, 0.717) is 23.8 Å². The molecule has 0 saturated heterocycles. The largest absolute Gasteiger partial charge is 0.497 e. The summed E-state index contributed by atoms with van der Waals surface area (Å²) >= 11 is 6.09. The van der Waals surface area contributed by atoms with Gasteiger partial charge in [0.25, 0.3) is 0 Å². The van der Waals surface area contributed by atoms with E-state index < -0.39 is 10.0 Å². The molecule has 0 radical (unpaired) electrons. The molecular weight excluding hydrogens is 404 g/mol. The molecule has 0 heterocycles. The number of carbonyl (C=O) groups excluding carboxylic acids is 1. The second kappa shape index (κ2) is 9.27. The molecule has 28 heavy (non-hydrogen) atoms. The molecule has 152 valence electrons. The second-order valence-electron chi connectivity index (χ2n) is 5.94. The summed E-state index contributed by atoms with van der Waals surface area (Å²) in [6, 6.07) is 11.1. The van der Waals surface area contributed by atoms with Crippen LogP contribution in [0.5, 0.6) is 11.5 Å². The van der Waals surface area contributed by atoms with Crippen LogP contribution in [-0.2, 0) is 14.8 Å². The SMILES string of the molecule is CCOc1ccc(S(=O)(=O)N(C)CC(=O)N(C)c2ccc(OC)cc2)cc1Cl. The van der Waals surface area contributed by atoms with E-state index in [4.69, 9.17) is 21.1 Å². The van der Waals surface area contributed by atoms with Crippen molar-refractivity contribution in [1.29, 1.82) is 0 Å². The number of hydrogen-bond acceptors (Lipinski definition) is 5. The third-order valence-electron chi connectivity index (χ3n) is 4.10. The molecule has 0 aliphatic heterocycles. The Morgan fingerprint density at radius 2 is 1.75 bits per heavy atom. The number of likely N-dealkylation sites (N-methyl/N-ethyl adjacent to an activating group) is 2. The van der Waals surface area contributed by atoms with Gasteiger partial charge in [0.05, 0.1) is 30.2 Å². The highest BCUT2D eigenvalue weighted by molar-refractivity contribution is 7.89. The Labute approximate surface area is 170 Å². The molecule has 1 amide bonds. The van der Waals surface area contributed by atoms with Gasteiger partial charge in [0.15, 0.2) is 0 Å². The van der Waals surface area contributed by atoms with Gasteiger partial charge in [-0.25, -0.2) is 8.42 Å². The number of nitrogens with zero attached hydrogens (tertiary/aromatic N) is 2. The number of halogens is 1. The molecule has 0 aromatic heterocycles. The molecule has 0 saturated carbocycles. The average Bonchev–Trinajstić information content (AvgIpc) is 2.68. The smallest absolute Gasteiger partial charge is 0.243 e. The number of sulfonamides is 1. The Morgan fingerprint density at radius 3 is 2.29 bits per heavy atom. The highest BCUT2D eigenvalue weighted by Gasteiger charge is 2.25. The van der Waals surface area contributed by atoms with E-state index >= 15 is 0 Å². The summed E-state index contributed by atoms with van der Waals surface area (Å²) < 4.78 is 36.9. The summed E-state index contributed by atoms with van der Waals surface area (Å²) in [5.41, 5.74) is 0.626. The highest BCUT2D eigenvalue weighted by Crippen LogP contribution is 2.28. The van der Waals surface area contributed by atoms with Gasteiger partial charge >= 0.3 is 0 Å². The van der Waals surface area contributed by atoms with Crippen LogP contribution in [0.2, 0.25) is 5.02 Å². The normalized spacial score (nSPS) is 11.4. The van der Waals surface area contributed by atoms with E-state index in [-0.39, 0.29) is 22.4 Å². The number of rotatable bonds is 8. The minimum absolute atomic E-state index is 0.0108. The number of benzene rings is 2. The number of methoxy groups -OCH3 is 1. The van der Waals surface area contributed by atoms with Gasteiger partial charge in [-0.05, 0) is 49.4 Å². The van der Waals surface area contributed by atoms with Crippen molar-refractivity contribution in [1.82, 2.24) is 4.31 Å². The average molecular weight is 427 g/mol. The summed E-state index contributed by atoms with van der Waals surface area (Å²) in [7, 11) is 0.592. The number of anilines is 1. The zero-order valence-electron chi connectivity index (χ0n) is 16.2. The van der Waals surface area contributed by atoms with Crippen molar-refractivity contribution >= 4 is 33.2 Å². The summed E-state index contributed by atoms with van der Waals surface area (Å²) in [5.74, 6) is 0.686. The zero-order chi connectivity index (χ0) is 20.9. The van der Waals surface area contributed by atoms with Crippen LogP contribution in [0.25, 0.3) is 0 Å². The van der Waals surface area contributed by atoms with Crippen molar-refractivity contribution in [3.05, 3.63) is 47.5 Å². The molecule has 0 atom stereocenters. The molecule has 0 aliphatic carbocycles. The first-order valence-electron chi connectivity index (χ1n) is 8.50. The lowest BCUT2D eigenvalue weighted by Crippen LogP contribution is -2.39. The van der Waals surface area contributed by atoms with Gasteiger partial charge in [-0.1, -0.05) is 11.6 Å². The predicted octanol–water partition coefficient (Wildman–Crippen LogP) is 3.03. The summed E-state index contributed by atoms with van der Waals surface area (Å²) in [5, 5.41) is 0.193. The van der Waals surface area contributed by atoms with Gasteiger partial charge in [-0.3, -0.25) is 4.79 Å². The number of carbonyl (C=O) groups is 1. The Balaban J connectivity index is 2.14. The van der Waals surface area contributed by atoms with E-state index in [1.807, 2.05) is 0 Å². The Morgan fingerprint density at radius 1 is 1.11 bits per heavy atom. The molecule has 2 aromatic carbocycles. The second-order valence-corrected chi connectivity index (χ2v) is 8.39. The van der Waals surface area contributed by atoms with Crippen LogP contribution in [0.15, 0.2) is 47.4 Å². The third-order valence-corrected chi connectivity index (χ3v) is 6.20. The Bertz CT molecular complexity index is 932. The maximum absolute atomic E-state index is 12.8. The first-order chi connectivity index (χ1) is 13.2. The Kier molecular flexibility index (Phi) is 7.29. The van der Waals surface area contributed by atoms with E-state index in [9.17, 15) is 13.2 Å². The maximum atomic E-state index is 12.8. The van der Waals surface area contributed by atoms with E-state index in [1.165, 1.54) is 30.1 Å². The standard InChI is InChI=1S/C19H23ClN2O5S/c1-5-27-18-11-10-16(12-17(18)20)28(24,25)21(2)13-19(23)22(3)14-6-8-15(26-4)9-7-14/h6-12H,5,13H2,1-4H3. The molecule has 9 heteroatoms. The third kappa shape index (κ3) is 4.95. The molecule has 0 spiro atoms. The van der Waals surface area contributed by atoms with E-state index in [0.717, 1.165) is 4.31 Å². The van der Waals surface area contributed by atoms with Crippen LogP contribution < -0.4 is 14.4 Å². The van der Waals surface area contributed by atoms with Crippen molar-refractivity contribution < 1.29 is 22.7 Å². The lowest BCUT2D eigenvalue weighted by Gasteiger charge is -2.22. The summed E-state index contributed by atoms with van der Waals surface area (Å²) in [6.45, 7) is 1.90. The van der Waals surface area contributed by atoms with Crippen molar-refractivity contribution in [3.63, 3.8) is 0 Å². The topological polar surface area (TPSA) is 76.2 Å². The fraction of sp³-hybridized carbons (Fsp3) is 0.316. The molecular formula is C19H23ClN2O5S. The fourth-order valence-corrected chi connectivity index (χ4v) is 3.87. The zero-order valence-corrected chi connectivity index (χ0v) is 17.7. The minimum atomic E-state index is -3.89. The maximum Gasteiger partial charge on any atom is 0.243 e. The van der Waals surface area contributed by atoms with Gasteiger partial charge < -0.3 is 14.4 Å². The molecule has 0 fully saturated rings. The lowest BCUT2D eigenvalue weighted by molar-refractivity contribution is -0.118. The Hall–Kier alpha value is -2.29. The molecule has 0 aliphatic rings. The molecule has 0 N–H and O–H groups in total.